The van der Waals surface area contributed by atoms with Gasteiger partial charge in [-0.15, -0.1) is 0 Å². The zero-order valence-corrected chi connectivity index (χ0v) is 21.8. The molecule has 0 spiro atoms. The summed E-state index contributed by atoms with van der Waals surface area (Å²) in [6.45, 7) is 4.30. The minimum Gasteiger partial charge on any atom is -0.378 e. The standard InChI is InChI=1S/C28H28ClN5S/c1-18-17-24(19(2)33(18)22-10-8-20(29)9-11-22)27-26(25-7-5-6-16-30-25)31-28(35)34(27)23-14-12-21(13-15-23)32(3)4/h5-17,26-27H,1-4H3,(H,31,35)/t26-,27+/m0/s1. The Labute approximate surface area is 217 Å². The quantitative estimate of drug-likeness (QED) is 0.321. The van der Waals surface area contributed by atoms with E-state index < -0.39 is 0 Å². The van der Waals surface area contributed by atoms with Crippen molar-refractivity contribution >= 4 is 40.3 Å². The zero-order chi connectivity index (χ0) is 24.7. The van der Waals surface area contributed by atoms with Gasteiger partial charge in [-0.05, 0) is 98.4 Å². The first kappa shape index (κ1) is 23.4. The molecule has 7 heteroatoms. The van der Waals surface area contributed by atoms with Crippen molar-refractivity contribution in [3.63, 3.8) is 0 Å². The molecule has 3 heterocycles. The Morgan fingerprint density at radius 3 is 2.26 bits per heavy atom. The topological polar surface area (TPSA) is 36.3 Å². The van der Waals surface area contributed by atoms with E-state index in [0.29, 0.717) is 5.11 Å². The number of nitrogens with one attached hydrogen (secondary N) is 1. The molecule has 178 valence electrons. The highest BCUT2D eigenvalue weighted by molar-refractivity contribution is 7.80. The van der Waals surface area contributed by atoms with Crippen LogP contribution in [0.5, 0.6) is 0 Å². The Balaban J connectivity index is 1.65. The predicted molar refractivity (Wildman–Crippen MR) is 149 cm³/mol. The molecule has 0 saturated carbocycles. The third-order valence-electron chi connectivity index (χ3n) is 6.62. The van der Waals surface area contributed by atoms with Gasteiger partial charge in [0.15, 0.2) is 5.11 Å². The normalized spacial score (nSPS) is 17.5. The van der Waals surface area contributed by atoms with Crippen molar-refractivity contribution < 1.29 is 0 Å². The van der Waals surface area contributed by atoms with Gasteiger partial charge >= 0.3 is 0 Å². The Bertz CT molecular complexity index is 1350. The second-order valence-electron chi connectivity index (χ2n) is 9.05. The van der Waals surface area contributed by atoms with Crippen molar-refractivity contribution in [1.29, 1.82) is 0 Å². The van der Waals surface area contributed by atoms with Crippen molar-refractivity contribution in [1.82, 2.24) is 14.9 Å². The number of halogens is 1. The fourth-order valence-electron chi connectivity index (χ4n) is 4.93. The minimum atomic E-state index is -0.0867. The third kappa shape index (κ3) is 4.28. The second-order valence-corrected chi connectivity index (χ2v) is 9.87. The fraction of sp³-hybridized carbons (Fsp3) is 0.214. The first-order valence-electron chi connectivity index (χ1n) is 11.6. The van der Waals surface area contributed by atoms with E-state index in [0.717, 1.165) is 39.2 Å². The van der Waals surface area contributed by atoms with Crippen LogP contribution in [-0.2, 0) is 0 Å². The van der Waals surface area contributed by atoms with E-state index in [1.54, 1.807) is 0 Å². The number of benzene rings is 2. The Morgan fingerprint density at radius 1 is 0.943 bits per heavy atom. The number of thiocarbonyl (C=S) groups is 1. The van der Waals surface area contributed by atoms with Crippen molar-refractivity contribution in [3.8, 4) is 5.69 Å². The van der Waals surface area contributed by atoms with E-state index in [2.05, 4.69) is 87.0 Å². The summed E-state index contributed by atoms with van der Waals surface area (Å²) in [6.07, 6.45) is 1.84. The summed E-state index contributed by atoms with van der Waals surface area (Å²) in [6, 6.07) is 24.6. The summed E-state index contributed by atoms with van der Waals surface area (Å²) in [5.74, 6) is 0. The van der Waals surface area contributed by atoms with E-state index in [-0.39, 0.29) is 12.1 Å². The van der Waals surface area contributed by atoms with Crippen molar-refractivity contribution in [2.24, 2.45) is 0 Å². The fourth-order valence-corrected chi connectivity index (χ4v) is 5.41. The number of hydrogen-bond donors (Lipinski definition) is 1. The van der Waals surface area contributed by atoms with Gasteiger partial charge in [0, 0.05) is 53.8 Å². The molecule has 5 rings (SSSR count). The average Bonchev–Trinajstić information content (AvgIpc) is 3.35. The van der Waals surface area contributed by atoms with E-state index in [4.69, 9.17) is 23.8 Å². The maximum atomic E-state index is 6.16. The van der Waals surface area contributed by atoms with Crippen molar-refractivity contribution in [2.45, 2.75) is 25.9 Å². The molecule has 0 radical (unpaired) electrons. The lowest BCUT2D eigenvalue weighted by molar-refractivity contribution is 0.565. The summed E-state index contributed by atoms with van der Waals surface area (Å²) in [5, 5.41) is 4.99. The molecule has 1 saturated heterocycles. The highest BCUT2D eigenvalue weighted by Gasteiger charge is 2.42. The first-order chi connectivity index (χ1) is 16.8. The highest BCUT2D eigenvalue weighted by Crippen LogP contribution is 2.44. The summed E-state index contributed by atoms with van der Waals surface area (Å²) in [5.41, 5.74) is 7.76. The molecule has 1 fully saturated rings. The van der Waals surface area contributed by atoms with Crippen LogP contribution in [0, 0.1) is 13.8 Å². The van der Waals surface area contributed by atoms with Crippen LogP contribution in [0.4, 0.5) is 11.4 Å². The zero-order valence-electron chi connectivity index (χ0n) is 20.2. The largest absolute Gasteiger partial charge is 0.378 e. The van der Waals surface area contributed by atoms with Crippen LogP contribution in [0.2, 0.25) is 5.02 Å². The molecular formula is C28H28ClN5S. The van der Waals surface area contributed by atoms with Crippen LogP contribution in [0.15, 0.2) is 79.0 Å². The van der Waals surface area contributed by atoms with Gasteiger partial charge in [0.25, 0.3) is 0 Å². The predicted octanol–water partition coefficient (Wildman–Crippen LogP) is 6.39. The second kappa shape index (κ2) is 9.36. The molecule has 1 aliphatic heterocycles. The van der Waals surface area contributed by atoms with Crippen LogP contribution in [0.3, 0.4) is 0 Å². The van der Waals surface area contributed by atoms with Crippen LogP contribution in [-0.4, -0.2) is 28.8 Å². The molecule has 2 aromatic heterocycles. The van der Waals surface area contributed by atoms with Gasteiger partial charge in [-0.1, -0.05) is 17.7 Å². The van der Waals surface area contributed by atoms with Crippen molar-refractivity contribution in [3.05, 3.63) is 107 Å². The molecule has 0 amide bonds. The lowest BCUT2D eigenvalue weighted by Crippen LogP contribution is -2.29. The van der Waals surface area contributed by atoms with Crippen LogP contribution >= 0.6 is 23.8 Å². The van der Waals surface area contributed by atoms with Gasteiger partial charge in [0.1, 0.15) is 0 Å². The monoisotopic (exact) mass is 501 g/mol. The molecule has 1 N–H and O–H groups in total. The Kier molecular flexibility index (Phi) is 6.26. The van der Waals surface area contributed by atoms with Gasteiger partial charge in [-0.25, -0.2) is 0 Å². The molecule has 0 unspecified atom stereocenters. The Morgan fingerprint density at radius 2 is 1.63 bits per heavy atom. The van der Waals surface area contributed by atoms with E-state index in [1.807, 2.05) is 44.6 Å². The molecule has 0 aliphatic carbocycles. The van der Waals surface area contributed by atoms with Gasteiger partial charge in [0.05, 0.1) is 17.8 Å². The molecule has 1 aliphatic rings. The number of nitrogens with zero attached hydrogens (tertiary/aromatic N) is 4. The lowest BCUT2D eigenvalue weighted by atomic mass is 9.96. The van der Waals surface area contributed by atoms with E-state index in [9.17, 15) is 0 Å². The van der Waals surface area contributed by atoms with E-state index >= 15 is 0 Å². The first-order valence-corrected chi connectivity index (χ1v) is 12.4. The smallest absolute Gasteiger partial charge is 0.174 e. The molecule has 2 aromatic carbocycles. The number of anilines is 2. The molecule has 5 nitrogen and oxygen atoms in total. The van der Waals surface area contributed by atoms with Crippen LogP contribution in [0.1, 0.15) is 34.7 Å². The average molecular weight is 502 g/mol. The summed E-state index contributed by atoms with van der Waals surface area (Å²) < 4.78 is 2.27. The Hall–Kier alpha value is -3.35. The maximum Gasteiger partial charge on any atom is 0.174 e. The number of rotatable bonds is 5. The lowest BCUT2D eigenvalue weighted by Gasteiger charge is -2.28. The number of pyridine rings is 1. The van der Waals surface area contributed by atoms with Crippen LogP contribution in [0.25, 0.3) is 5.69 Å². The highest BCUT2D eigenvalue weighted by atomic mass is 35.5. The number of hydrogen-bond acceptors (Lipinski definition) is 3. The minimum absolute atomic E-state index is 0.0603. The SMILES string of the molecule is Cc1cc([C@@H]2[C@H](c3ccccn3)NC(=S)N2c2ccc(N(C)C)cc2)c(C)n1-c1ccc(Cl)cc1. The molecule has 0 bridgehead atoms. The molecular weight excluding hydrogens is 474 g/mol. The number of aryl methyl sites for hydroxylation is 1. The van der Waals surface area contributed by atoms with Gasteiger partial charge in [-0.3, -0.25) is 4.98 Å². The van der Waals surface area contributed by atoms with Crippen molar-refractivity contribution in [2.75, 3.05) is 23.9 Å². The summed E-state index contributed by atoms with van der Waals surface area (Å²) in [4.78, 5) is 9.01. The third-order valence-corrected chi connectivity index (χ3v) is 7.18. The van der Waals surface area contributed by atoms with Gasteiger partial charge in [0.2, 0.25) is 0 Å². The molecule has 35 heavy (non-hydrogen) atoms. The molecule has 2 atom stereocenters. The molecule has 4 aromatic rings. The van der Waals surface area contributed by atoms with Gasteiger partial charge < -0.3 is 19.7 Å². The van der Waals surface area contributed by atoms with Crippen LogP contribution < -0.4 is 15.1 Å². The van der Waals surface area contributed by atoms with Gasteiger partial charge in [-0.2, -0.15) is 0 Å². The summed E-state index contributed by atoms with van der Waals surface area (Å²) >= 11 is 12.1. The number of aromatic nitrogens is 2. The maximum absolute atomic E-state index is 6.16. The van der Waals surface area contributed by atoms with E-state index in [1.165, 1.54) is 5.56 Å². The summed E-state index contributed by atoms with van der Waals surface area (Å²) in [7, 11) is 4.09.